The average Bonchev–Trinajstić information content (AvgIpc) is 3.09. The SMILES string of the molecule is CC(=O)N[C@@H](CS(=O)CC(=O)N(C)C1CC1)C(=O)O. The molecule has 0 heterocycles. The number of hydrogen-bond acceptors (Lipinski definition) is 4. The number of carboxylic acid groups (broad SMARTS) is 1. The number of carboxylic acids is 1. The van der Waals surface area contributed by atoms with E-state index >= 15 is 0 Å². The smallest absolute Gasteiger partial charge is 0.327 e. The lowest BCUT2D eigenvalue weighted by atomic mass is 10.3. The first kappa shape index (κ1) is 15.6. The lowest BCUT2D eigenvalue weighted by Gasteiger charge is -2.17. The summed E-state index contributed by atoms with van der Waals surface area (Å²) in [5.74, 6) is -2.50. The zero-order valence-electron chi connectivity index (χ0n) is 10.9. The van der Waals surface area contributed by atoms with Crippen molar-refractivity contribution in [3.8, 4) is 0 Å². The Balaban J connectivity index is 2.45. The van der Waals surface area contributed by atoms with Gasteiger partial charge in [0.05, 0.1) is 5.75 Å². The van der Waals surface area contributed by atoms with Gasteiger partial charge in [-0.1, -0.05) is 0 Å². The largest absolute Gasteiger partial charge is 0.480 e. The van der Waals surface area contributed by atoms with Gasteiger partial charge in [0.2, 0.25) is 11.8 Å². The lowest BCUT2D eigenvalue weighted by Crippen LogP contribution is -2.44. The summed E-state index contributed by atoms with van der Waals surface area (Å²) >= 11 is 0. The van der Waals surface area contributed by atoms with E-state index in [1.807, 2.05) is 0 Å². The van der Waals surface area contributed by atoms with E-state index in [1.54, 1.807) is 11.9 Å². The molecule has 0 radical (unpaired) electrons. The Kier molecular flexibility index (Phi) is 5.46. The Morgan fingerprint density at radius 2 is 2.00 bits per heavy atom. The number of aliphatic carboxylic acids is 1. The van der Waals surface area contributed by atoms with Gasteiger partial charge < -0.3 is 15.3 Å². The Morgan fingerprint density at radius 1 is 1.42 bits per heavy atom. The summed E-state index contributed by atoms with van der Waals surface area (Å²) in [5, 5.41) is 11.1. The first-order valence-electron chi connectivity index (χ1n) is 5.91. The maximum atomic E-state index is 11.7. The van der Waals surface area contributed by atoms with Crippen LogP contribution in [0.2, 0.25) is 0 Å². The van der Waals surface area contributed by atoms with Crippen LogP contribution in [0.4, 0.5) is 0 Å². The van der Waals surface area contributed by atoms with Crippen LogP contribution in [0.15, 0.2) is 0 Å². The standard InChI is InChI=1S/C11H18N2O5S/c1-7(14)12-9(11(16)17)5-19(18)6-10(15)13(2)8-3-4-8/h8-9H,3-6H2,1-2H3,(H,12,14)(H,16,17)/t9-,19?/m0/s1. The molecule has 8 heteroatoms. The van der Waals surface area contributed by atoms with Gasteiger partial charge in [-0.05, 0) is 12.8 Å². The highest BCUT2D eigenvalue weighted by Crippen LogP contribution is 2.25. The van der Waals surface area contributed by atoms with Crippen molar-refractivity contribution in [2.24, 2.45) is 0 Å². The summed E-state index contributed by atoms with van der Waals surface area (Å²) in [7, 11) is 0.0392. The summed E-state index contributed by atoms with van der Waals surface area (Å²) in [5.41, 5.74) is 0. The van der Waals surface area contributed by atoms with Crippen LogP contribution in [0.1, 0.15) is 19.8 Å². The lowest BCUT2D eigenvalue weighted by molar-refractivity contribution is -0.140. The zero-order valence-corrected chi connectivity index (χ0v) is 11.7. The van der Waals surface area contributed by atoms with Crippen LogP contribution >= 0.6 is 0 Å². The quantitative estimate of drug-likeness (QED) is 0.622. The van der Waals surface area contributed by atoms with E-state index in [0.29, 0.717) is 0 Å². The van der Waals surface area contributed by atoms with E-state index in [4.69, 9.17) is 5.11 Å². The van der Waals surface area contributed by atoms with Gasteiger partial charge in [-0.15, -0.1) is 0 Å². The van der Waals surface area contributed by atoms with E-state index < -0.39 is 28.7 Å². The molecule has 0 spiro atoms. The summed E-state index contributed by atoms with van der Waals surface area (Å²) < 4.78 is 11.7. The number of carbonyl (C=O) groups is 3. The Labute approximate surface area is 113 Å². The summed E-state index contributed by atoms with van der Waals surface area (Å²) in [6, 6.07) is -0.993. The monoisotopic (exact) mass is 290 g/mol. The second-order valence-electron chi connectivity index (χ2n) is 4.58. The minimum atomic E-state index is -1.61. The van der Waals surface area contributed by atoms with Crippen molar-refractivity contribution in [1.29, 1.82) is 0 Å². The predicted octanol–water partition coefficient (Wildman–Crippen LogP) is -1.05. The predicted molar refractivity (Wildman–Crippen MR) is 68.9 cm³/mol. The van der Waals surface area contributed by atoms with Gasteiger partial charge >= 0.3 is 5.97 Å². The van der Waals surface area contributed by atoms with Crippen LogP contribution in [-0.2, 0) is 25.2 Å². The Morgan fingerprint density at radius 3 is 2.42 bits per heavy atom. The molecule has 1 aliphatic rings. The third kappa shape index (κ3) is 5.37. The summed E-state index contributed by atoms with van der Waals surface area (Å²) in [6.07, 6.45) is 1.91. The molecule has 0 aromatic heterocycles. The summed E-state index contributed by atoms with van der Waals surface area (Å²) in [6.45, 7) is 1.19. The number of hydrogen-bond donors (Lipinski definition) is 2. The molecule has 2 N–H and O–H groups in total. The molecular weight excluding hydrogens is 272 g/mol. The highest BCUT2D eigenvalue weighted by atomic mass is 32.2. The van der Waals surface area contributed by atoms with Gasteiger partial charge in [0.15, 0.2) is 0 Å². The Bertz CT molecular complexity index is 408. The molecule has 1 fully saturated rings. The van der Waals surface area contributed by atoms with E-state index in [0.717, 1.165) is 12.8 Å². The van der Waals surface area contributed by atoms with Gasteiger partial charge in [0, 0.05) is 30.8 Å². The highest BCUT2D eigenvalue weighted by molar-refractivity contribution is 7.85. The number of nitrogens with zero attached hydrogens (tertiary/aromatic N) is 1. The topological polar surface area (TPSA) is 104 Å². The van der Waals surface area contributed by atoms with Gasteiger partial charge in [-0.3, -0.25) is 13.8 Å². The first-order chi connectivity index (χ1) is 8.81. The van der Waals surface area contributed by atoms with Crippen LogP contribution in [0.5, 0.6) is 0 Å². The molecule has 2 amide bonds. The molecule has 0 aromatic carbocycles. The number of nitrogens with one attached hydrogen (secondary N) is 1. The van der Waals surface area contributed by atoms with Crippen molar-refractivity contribution in [2.75, 3.05) is 18.6 Å². The molecule has 0 saturated heterocycles. The fourth-order valence-corrected chi connectivity index (χ4v) is 2.76. The molecule has 0 aliphatic heterocycles. The molecule has 1 unspecified atom stereocenters. The molecule has 2 atom stereocenters. The maximum absolute atomic E-state index is 11.7. The van der Waals surface area contributed by atoms with Crippen molar-refractivity contribution >= 4 is 28.6 Å². The fraction of sp³-hybridized carbons (Fsp3) is 0.727. The number of amides is 2. The third-order valence-electron chi connectivity index (χ3n) is 2.80. The molecule has 19 heavy (non-hydrogen) atoms. The van der Waals surface area contributed by atoms with Crippen LogP contribution < -0.4 is 5.32 Å². The second kappa shape index (κ2) is 6.65. The normalized spacial score (nSPS) is 17.4. The van der Waals surface area contributed by atoms with Crippen LogP contribution in [-0.4, -0.2) is 62.6 Å². The van der Waals surface area contributed by atoms with Crippen LogP contribution in [0, 0.1) is 0 Å². The van der Waals surface area contributed by atoms with Crippen molar-refractivity contribution in [3.05, 3.63) is 0 Å². The Hall–Kier alpha value is -1.44. The zero-order chi connectivity index (χ0) is 14.6. The molecule has 1 saturated carbocycles. The average molecular weight is 290 g/mol. The van der Waals surface area contributed by atoms with Gasteiger partial charge in [0.1, 0.15) is 11.8 Å². The van der Waals surface area contributed by atoms with Crippen LogP contribution in [0.25, 0.3) is 0 Å². The van der Waals surface area contributed by atoms with Crippen molar-refractivity contribution in [2.45, 2.75) is 31.8 Å². The fourth-order valence-electron chi connectivity index (χ4n) is 1.57. The second-order valence-corrected chi connectivity index (χ2v) is 6.08. The molecule has 0 bridgehead atoms. The van der Waals surface area contributed by atoms with E-state index in [9.17, 15) is 18.6 Å². The highest BCUT2D eigenvalue weighted by Gasteiger charge is 2.30. The third-order valence-corrected chi connectivity index (χ3v) is 4.07. The number of carbonyl (C=O) groups excluding carboxylic acids is 2. The minimum Gasteiger partial charge on any atom is -0.480 e. The van der Waals surface area contributed by atoms with Gasteiger partial charge in [-0.25, -0.2) is 4.79 Å². The van der Waals surface area contributed by atoms with E-state index in [1.165, 1.54) is 6.92 Å². The van der Waals surface area contributed by atoms with Gasteiger partial charge in [0.25, 0.3) is 0 Å². The molecule has 0 aromatic rings. The van der Waals surface area contributed by atoms with Crippen molar-refractivity contribution < 1.29 is 23.7 Å². The molecule has 7 nitrogen and oxygen atoms in total. The number of rotatable bonds is 7. The van der Waals surface area contributed by atoms with Crippen molar-refractivity contribution in [3.63, 3.8) is 0 Å². The van der Waals surface area contributed by atoms with Gasteiger partial charge in [-0.2, -0.15) is 0 Å². The summed E-state index contributed by atoms with van der Waals surface area (Å²) in [4.78, 5) is 34.9. The first-order valence-corrected chi connectivity index (χ1v) is 7.40. The van der Waals surface area contributed by atoms with Crippen LogP contribution in [0.3, 0.4) is 0 Å². The van der Waals surface area contributed by atoms with Crippen molar-refractivity contribution in [1.82, 2.24) is 10.2 Å². The molecule has 1 aliphatic carbocycles. The molecular formula is C11H18N2O5S. The minimum absolute atomic E-state index is 0.212. The van der Waals surface area contributed by atoms with E-state index in [-0.39, 0.29) is 23.5 Å². The van der Waals surface area contributed by atoms with E-state index in [2.05, 4.69) is 5.32 Å². The molecule has 1 rings (SSSR count). The maximum Gasteiger partial charge on any atom is 0.327 e. The molecule has 108 valence electrons.